The van der Waals surface area contributed by atoms with Crippen LogP contribution in [0.4, 0.5) is 0 Å². The molecule has 3 fully saturated rings. The van der Waals surface area contributed by atoms with Crippen LogP contribution in [0.15, 0.2) is 24.8 Å². The number of phenols is 1. The monoisotopic (exact) mass is 481 g/mol. The molecule has 1 aromatic carbocycles. The van der Waals surface area contributed by atoms with Gasteiger partial charge in [0.1, 0.15) is 11.7 Å². The highest BCUT2D eigenvalue weighted by atomic mass is 16.6. The van der Waals surface area contributed by atoms with Gasteiger partial charge in [0.05, 0.1) is 11.0 Å². The lowest BCUT2D eigenvalue weighted by atomic mass is 9.38. The highest BCUT2D eigenvalue weighted by Crippen LogP contribution is 2.73. The lowest BCUT2D eigenvalue weighted by Crippen LogP contribution is -2.79. The molecule has 1 saturated heterocycles. The molecule has 0 radical (unpaired) electrons. The van der Waals surface area contributed by atoms with Crippen LogP contribution < -0.4 is 4.74 Å². The molecule has 35 heavy (non-hydrogen) atoms. The van der Waals surface area contributed by atoms with E-state index in [1.807, 2.05) is 6.92 Å². The smallest absolute Gasteiger partial charge is 0.165 e. The molecule has 1 spiro atoms. The van der Waals surface area contributed by atoms with Crippen molar-refractivity contribution >= 4 is 0 Å². The predicted molar refractivity (Wildman–Crippen MR) is 137 cm³/mol. The Balaban J connectivity index is 1.62. The molecule has 6 rings (SSSR count). The Morgan fingerprint density at radius 3 is 2.57 bits per heavy atom. The Kier molecular flexibility index (Phi) is 4.80. The van der Waals surface area contributed by atoms with Crippen LogP contribution >= 0.6 is 0 Å². The fourth-order valence-corrected chi connectivity index (χ4v) is 8.75. The standard InChI is InChI=1S/C30H43NO4/c1-8-29-16-21(28(6,33)26(2,3)4)27(5,34-7)25-30(29)13-14-31(17-18-9-10-18)22(29)15-19-11-12-20(32)24(35-25)23(19)30/h8,11-12,18,21-22,25,32-33H,1,9-10,13-17H2,2-7H3/t21-,22+,25-,27?,28-,29+,30-/m0/s1. The van der Waals surface area contributed by atoms with Crippen LogP contribution in [0.2, 0.25) is 0 Å². The third-order valence-electron chi connectivity index (χ3n) is 11.4. The molecule has 192 valence electrons. The van der Waals surface area contributed by atoms with E-state index in [9.17, 15) is 10.2 Å². The predicted octanol–water partition coefficient (Wildman–Crippen LogP) is 4.83. The Morgan fingerprint density at radius 2 is 1.97 bits per heavy atom. The zero-order valence-corrected chi connectivity index (χ0v) is 22.4. The number of phenolic OH excluding ortho intramolecular Hbond substituents is 1. The van der Waals surface area contributed by atoms with E-state index in [4.69, 9.17) is 9.47 Å². The lowest BCUT2D eigenvalue weighted by molar-refractivity contribution is -0.264. The maximum atomic E-state index is 12.2. The number of ether oxygens (including phenoxy) is 2. The Bertz CT molecular complexity index is 1070. The van der Waals surface area contributed by atoms with E-state index in [-0.39, 0.29) is 34.0 Å². The van der Waals surface area contributed by atoms with Crippen LogP contribution in [0.25, 0.3) is 0 Å². The fourth-order valence-electron chi connectivity index (χ4n) is 8.75. The van der Waals surface area contributed by atoms with E-state index in [0.29, 0.717) is 11.8 Å². The van der Waals surface area contributed by atoms with Gasteiger partial charge in [0.25, 0.3) is 0 Å². The highest BCUT2D eigenvalue weighted by Gasteiger charge is 2.78. The summed E-state index contributed by atoms with van der Waals surface area (Å²) >= 11 is 0. The van der Waals surface area contributed by atoms with Crippen molar-refractivity contribution in [1.29, 1.82) is 0 Å². The number of nitrogens with zero attached hydrogens (tertiary/aromatic N) is 1. The average molecular weight is 482 g/mol. The van der Waals surface area contributed by atoms with Crippen LogP contribution in [0.3, 0.4) is 0 Å². The van der Waals surface area contributed by atoms with E-state index in [1.165, 1.54) is 24.0 Å². The third kappa shape index (κ3) is 2.70. The van der Waals surface area contributed by atoms with Gasteiger partial charge in [-0.15, -0.1) is 6.58 Å². The number of rotatable bonds is 5. The number of hydrogen-bond acceptors (Lipinski definition) is 5. The number of likely N-dealkylation sites (tertiary alicyclic amines) is 1. The molecule has 2 saturated carbocycles. The highest BCUT2D eigenvalue weighted by molar-refractivity contribution is 5.63. The summed E-state index contributed by atoms with van der Waals surface area (Å²) in [6.45, 7) is 17.1. The number of aliphatic hydroxyl groups is 1. The maximum Gasteiger partial charge on any atom is 0.165 e. The Hall–Kier alpha value is -1.56. The van der Waals surface area contributed by atoms with Crippen LogP contribution in [0.1, 0.15) is 71.4 Å². The molecule has 1 unspecified atom stereocenters. The number of methoxy groups -OCH3 is 1. The van der Waals surface area contributed by atoms with Gasteiger partial charge < -0.3 is 19.7 Å². The number of aromatic hydroxyl groups is 1. The number of piperidine rings is 1. The molecular formula is C30H43NO4. The first-order valence-corrected chi connectivity index (χ1v) is 13.5. The SMILES string of the molecule is C=C[C@]12C[C@H]([C@](C)(O)C(C)(C)C)C(C)(OC)[C@@H]3Oc4c(O)ccc5c4[C@@]31CCN(CC1CC1)[C@@H]2C5. The van der Waals surface area contributed by atoms with Gasteiger partial charge in [0.2, 0.25) is 0 Å². The summed E-state index contributed by atoms with van der Waals surface area (Å²) in [6, 6.07) is 4.21. The van der Waals surface area contributed by atoms with Gasteiger partial charge in [-0.1, -0.05) is 32.9 Å². The molecule has 0 amide bonds. The van der Waals surface area contributed by atoms with Crippen LogP contribution in [-0.4, -0.2) is 58.7 Å². The second-order valence-corrected chi connectivity index (χ2v) is 13.6. The van der Waals surface area contributed by atoms with E-state index in [0.717, 1.165) is 38.3 Å². The summed E-state index contributed by atoms with van der Waals surface area (Å²) < 4.78 is 13.3. The molecular weight excluding hydrogens is 438 g/mol. The van der Waals surface area contributed by atoms with Gasteiger partial charge in [0.15, 0.2) is 11.5 Å². The first-order valence-electron chi connectivity index (χ1n) is 13.5. The minimum absolute atomic E-state index is 0.183. The minimum atomic E-state index is -1.01. The van der Waals surface area contributed by atoms with Crippen molar-refractivity contribution in [3.8, 4) is 11.5 Å². The molecule has 2 N–H and O–H groups in total. The van der Waals surface area contributed by atoms with Crippen LogP contribution in [0.5, 0.6) is 11.5 Å². The fraction of sp³-hybridized carbons (Fsp3) is 0.733. The van der Waals surface area contributed by atoms with Gasteiger partial charge in [-0.2, -0.15) is 0 Å². The second-order valence-electron chi connectivity index (χ2n) is 13.6. The van der Waals surface area contributed by atoms with E-state index in [2.05, 4.69) is 51.3 Å². The van der Waals surface area contributed by atoms with Gasteiger partial charge in [-0.3, -0.25) is 4.90 Å². The van der Waals surface area contributed by atoms with Crippen molar-refractivity contribution < 1.29 is 19.7 Å². The van der Waals surface area contributed by atoms with Gasteiger partial charge in [-0.05, 0) is 75.5 Å². The second kappa shape index (κ2) is 7.05. The summed E-state index contributed by atoms with van der Waals surface area (Å²) in [7, 11) is 1.76. The summed E-state index contributed by atoms with van der Waals surface area (Å²) in [5.41, 5.74) is -0.256. The quantitative estimate of drug-likeness (QED) is 0.590. The largest absolute Gasteiger partial charge is 0.504 e. The van der Waals surface area contributed by atoms with E-state index >= 15 is 0 Å². The van der Waals surface area contributed by atoms with Crippen molar-refractivity contribution in [2.75, 3.05) is 20.2 Å². The molecule has 2 aliphatic heterocycles. The Labute approximate surface area is 210 Å². The summed E-state index contributed by atoms with van der Waals surface area (Å²) in [6.07, 6.45) is 7.21. The average Bonchev–Trinajstić information content (AvgIpc) is 3.54. The molecule has 5 nitrogen and oxygen atoms in total. The zero-order valence-electron chi connectivity index (χ0n) is 22.4. The van der Waals surface area contributed by atoms with Crippen molar-refractivity contribution in [3.05, 3.63) is 35.9 Å². The van der Waals surface area contributed by atoms with E-state index in [1.54, 1.807) is 13.2 Å². The molecule has 3 aliphatic carbocycles. The first kappa shape index (κ1) is 23.8. The molecule has 5 aliphatic rings. The number of benzene rings is 1. The molecule has 2 bridgehead atoms. The molecule has 1 aromatic rings. The summed E-state index contributed by atoms with van der Waals surface area (Å²) in [5.74, 6) is 1.46. The summed E-state index contributed by atoms with van der Waals surface area (Å²) in [5, 5.41) is 23.2. The maximum absolute atomic E-state index is 12.2. The molecule has 0 aromatic heterocycles. The normalized spacial score (nSPS) is 41.6. The van der Waals surface area contributed by atoms with Crippen LogP contribution in [-0.2, 0) is 16.6 Å². The molecule has 5 heteroatoms. The van der Waals surface area contributed by atoms with Crippen molar-refractivity contribution in [3.63, 3.8) is 0 Å². The van der Waals surface area contributed by atoms with Gasteiger partial charge in [-0.25, -0.2) is 0 Å². The topological polar surface area (TPSA) is 62.2 Å². The number of hydrogen-bond donors (Lipinski definition) is 2. The lowest BCUT2D eigenvalue weighted by Gasteiger charge is -2.70. The van der Waals surface area contributed by atoms with E-state index < -0.39 is 11.2 Å². The van der Waals surface area contributed by atoms with Gasteiger partial charge >= 0.3 is 0 Å². The van der Waals surface area contributed by atoms with Crippen molar-refractivity contribution in [1.82, 2.24) is 4.90 Å². The minimum Gasteiger partial charge on any atom is -0.504 e. The third-order valence-corrected chi connectivity index (χ3v) is 11.4. The first-order chi connectivity index (χ1) is 16.4. The zero-order chi connectivity index (χ0) is 25.2. The Morgan fingerprint density at radius 1 is 1.26 bits per heavy atom. The van der Waals surface area contributed by atoms with Crippen LogP contribution in [0, 0.1) is 22.7 Å². The van der Waals surface area contributed by atoms with Gasteiger partial charge in [0, 0.05) is 36.6 Å². The van der Waals surface area contributed by atoms with Crippen molar-refractivity contribution in [2.45, 2.75) is 95.5 Å². The molecule has 7 atom stereocenters. The molecule has 2 heterocycles. The van der Waals surface area contributed by atoms with Crippen molar-refractivity contribution in [2.24, 2.45) is 22.7 Å². The summed E-state index contributed by atoms with van der Waals surface area (Å²) in [4.78, 5) is 2.73.